The molecule has 16 heavy (non-hydrogen) atoms. The summed E-state index contributed by atoms with van der Waals surface area (Å²) in [6.07, 6.45) is 5.42. The molecular weight excluding hydrogens is 200 g/mol. The van der Waals surface area contributed by atoms with Crippen LogP contribution >= 0.6 is 0 Å². The van der Waals surface area contributed by atoms with Gasteiger partial charge in [-0.05, 0) is 18.8 Å². The van der Waals surface area contributed by atoms with Crippen molar-refractivity contribution in [2.75, 3.05) is 0 Å². The van der Waals surface area contributed by atoms with Crippen LogP contribution in [-0.4, -0.2) is 15.6 Å². The van der Waals surface area contributed by atoms with E-state index < -0.39 is 0 Å². The molecule has 0 amide bonds. The van der Waals surface area contributed by atoms with E-state index in [1.54, 1.807) is 4.68 Å². The van der Waals surface area contributed by atoms with Crippen LogP contribution in [0.5, 0.6) is 0 Å². The molecule has 0 fully saturated rings. The Morgan fingerprint density at radius 2 is 2.19 bits per heavy atom. The highest BCUT2D eigenvalue weighted by atomic mass is 16.1. The van der Waals surface area contributed by atoms with E-state index in [4.69, 9.17) is 0 Å². The molecule has 1 heterocycles. The lowest BCUT2D eigenvalue weighted by Gasteiger charge is -2.03. The smallest absolute Gasteiger partial charge is 0.166 e. The Labute approximate surface area is 97.8 Å². The Morgan fingerprint density at radius 1 is 1.50 bits per heavy atom. The molecule has 1 aromatic rings. The monoisotopic (exact) mass is 222 g/mol. The zero-order valence-corrected chi connectivity index (χ0v) is 10.8. The first-order valence-corrected chi connectivity index (χ1v) is 6.10. The van der Waals surface area contributed by atoms with Gasteiger partial charge in [-0.1, -0.05) is 27.2 Å². The van der Waals surface area contributed by atoms with Crippen LogP contribution < -0.4 is 0 Å². The van der Waals surface area contributed by atoms with E-state index in [1.165, 1.54) is 0 Å². The van der Waals surface area contributed by atoms with E-state index in [0.29, 0.717) is 12.3 Å². The molecular formula is C13H22N2O. The quantitative estimate of drug-likeness (QED) is 0.693. The fraction of sp³-hybridized carbons (Fsp3) is 0.692. The largest absolute Gasteiger partial charge is 0.294 e. The van der Waals surface area contributed by atoms with Crippen molar-refractivity contribution in [3.63, 3.8) is 0 Å². The van der Waals surface area contributed by atoms with Crippen LogP contribution in [-0.2, 0) is 13.5 Å². The molecule has 0 saturated carbocycles. The van der Waals surface area contributed by atoms with Crippen molar-refractivity contribution in [3.05, 3.63) is 17.5 Å². The second-order valence-electron chi connectivity index (χ2n) is 4.73. The summed E-state index contributed by atoms with van der Waals surface area (Å²) in [6, 6.07) is 0. The molecule has 0 N–H and O–H groups in total. The first-order chi connectivity index (χ1) is 7.54. The maximum atomic E-state index is 12.0. The molecule has 0 radical (unpaired) electrons. The van der Waals surface area contributed by atoms with Gasteiger partial charge in [0.2, 0.25) is 0 Å². The predicted molar refractivity (Wildman–Crippen MR) is 65.6 cm³/mol. The molecule has 0 aliphatic heterocycles. The highest BCUT2D eigenvalue weighted by Gasteiger charge is 2.13. The van der Waals surface area contributed by atoms with E-state index in [-0.39, 0.29) is 5.78 Å². The second kappa shape index (κ2) is 5.83. The van der Waals surface area contributed by atoms with Crippen molar-refractivity contribution in [2.45, 2.75) is 46.5 Å². The van der Waals surface area contributed by atoms with Gasteiger partial charge in [-0.2, -0.15) is 5.10 Å². The third-order valence-corrected chi connectivity index (χ3v) is 2.73. The van der Waals surface area contributed by atoms with E-state index in [9.17, 15) is 4.79 Å². The number of rotatable bonds is 6. The number of hydrogen-bond donors (Lipinski definition) is 0. The summed E-state index contributed by atoms with van der Waals surface area (Å²) >= 11 is 0. The molecule has 90 valence electrons. The van der Waals surface area contributed by atoms with Crippen LogP contribution in [0, 0.1) is 5.92 Å². The minimum absolute atomic E-state index is 0.241. The zero-order valence-electron chi connectivity index (χ0n) is 10.8. The average molecular weight is 222 g/mol. The van der Waals surface area contributed by atoms with Gasteiger partial charge in [0.05, 0.1) is 11.3 Å². The Kier molecular flexibility index (Phi) is 4.71. The molecule has 0 saturated heterocycles. The summed E-state index contributed by atoms with van der Waals surface area (Å²) in [4.78, 5) is 12.0. The minimum Gasteiger partial charge on any atom is -0.294 e. The van der Waals surface area contributed by atoms with Crippen molar-refractivity contribution in [1.82, 2.24) is 9.78 Å². The van der Waals surface area contributed by atoms with Gasteiger partial charge in [0.1, 0.15) is 0 Å². The standard InChI is InChI=1S/C13H22N2O/c1-5-12-11(9-15(4)14-12)13(16)8-6-7-10(2)3/h9-10H,5-8H2,1-4H3. The molecule has 1 aromatic heterocycles. The van der Waals surface area contributed by atoms with Gasteiger partial charge in [-0.15, -0.1) is 0 Å². The number of Topliss-reactive ketones (excluding diaryl/α,β-unsaturated/α-hetero) is 1. The fourth-order valence-corrected chi connectivity index (χ4v) is 1.83. The van der Waals surface area contributed by atoms with Crippen molar-refractivity contribution in [2.24, 2.45) is 13.0 Å². The topological polar surface area (TPSA) is 34.9 Å². The van der Waals surface area contributed by atoms with Gasteiger partial charge in [-0.25, -0.2) is 0 Å². The minimum atomic E-state index is 0.241. The van der Waals surface area contributed by atoms with Crippen LogP contribution in [0.15, 0.2) is 6.20 Å². The maximum Gasteiger partial charge on any atom is 0.166 e. The Bertz CT molecular complexity index is 353. The predicted octanol–water partition coefficient (Wildman–Crippen LogP) is 2.99. The summed E-state index contributed by atoms with van der Waals surface area (Å²) in [7, 11) is 1.87. The molecule has 0 aliphatic rings. The summed E-state index contributed by atoms with van der Waals surface area (Å²) in [5.41, 5.74) is 1.74. The van der Waals surface area contributed by atoms with Crippen LogP contribution in [0.25, 0.3) is 0 Å². The van der Waals surface area contributed by atoms with E-state index in [2.05, 4.69) is 18.9 Å². The first-order valence-electron chi connectivity index (χ1n) is 6.10. The SMILES string of the molecule is CCc1nn(C)cc1C(=O)CCCC(C)C. The van der Waals surface area contributed by atoms with Crippen LogP contribution in [0.4, 0.5) is 0 Å². The molecule has 0 unspecified atom stereocenters. The van der Waals surface area contributed by atoms with Crippen LogP contribution in [0.3, 0.4) is 0 Å². The molecule has 0 aliphatic carbocycles. The normalized spacial score (nSPS) is 11.1. The van der Waals surface area contributed by atoms with E-state index >= 15 is 0 Å². The number of aromatic nitrogens is 2. The molecule has 0 aromatic carbocycles. The van der Waals surface area contributed by atoms with Gasteiger partial charge >= 0.3 is 0 Å². The van der Waals surface area contributed by atoms with Gasteiger partial charge in [0.25, 0.3) is 0 Å². The molecule has 0 spiro atoms. The van der Waals surface area contributed by atoms with Gasteiger partial charge < -0.3 is 0 Å². The van der Waals surface area contributed by atoms with Crippen molar-refractivity contribution in [1.29, 1.82) is 0 Å². The third-order valence-electron chi connectivity index (χ3n) is 2.73. The van der Waals surface area contributed by atoms with Crippen LogP contribution in [0.2, 0.25) is 0 Å². The Hall–Kier alpha value is -1.12. The average Bonchev–Trinajstić information content (AvgIpc) is 2.59. The Balaban J connectivity index is 2.58. The van der Waals surface area contributed by atoms with E-state index in [0.717, 1.165) is 30.5 Å². The summed E-state index contributed by atoms with van der Waals surface area (Å²) in [5, 5.41) is 4.29. The van der Waals surface area contributed by atoms with Crippen molar-refractivity contribution in [3.8, 4) is 0 Å². The molecule has 0 bridgehead atoms. The highest BCUT2D eigenvalue weighted by molar-refractivity contribution is 5.96. The molecule has 0 atom stereocenters. The Morgan fingerprint density at radius 3 is 2.75 bits per heavy atom. The van der Waals surface area contributed by atoms with Crippen molar-refractivity contribution < 1.29 is 4.79 Å². The van der Waals surface area contributed by atoms with Crippen molar-refractivity contribution >= 4 is 5.78 Å². The zero-order chi connectivity index (χ0) is 12.1. The lowest BCUT2D eigenvalue weighted by molar-refractivity contribution is 0.0977. The van der Waals surface area contributed by atoms with Crippen LogP contribution in [0.1, 0.15) is 56.1 Å². The second-order valence-corrected chi connectivity index (χ2v) is 4.73. The lowest BCUT2D eigenvalue weighted by atomic mass is 10.0. The number of hydrogen-bond acceptors (Lipinski definition) is 2. The number of aryl methyl sites for hydroxylation is 2. The highest BCUT2D eigenvalue weighted by Crippen LogP contribution is 2.14. The molecule has 3 heteroatoms. The molecule has 3 nitrogen and oxygen atoms in total. The van der Waals surface area contributed by atoms with Gasteiger partial charge in [0.15, 0.2) is 5.78 Å². The summed E-state index contributed by atoms with van der Waals surface area (Å²) < 4.78 is 1.73. The lowest BCUT2D eigenvalue weighted by Crippen LogP contribution is -2.02. The maximum absolute atomic E-state index is 12.0. The number of nitrogens with zero attached hydrogens (tertiary/aromatic N) is 2. The number of carbonyl (C=O) groups excluding carboxylic acids is 1. The molecule has 1 rings (SSSR count). The van der Waals surface area contributed by atoms with E-state index in [1.807, 2.05) is 20.2 Å². The summed E-state index contributed by atoms with van der Waals surface area (Å²) in [5.74, 6) is 0.915. The number of ketones is 1. The van der Waals surface area contributed by atoms with Gasteiger partial charge in [0, 0.05) is 19.7 Å². The first kappa shape index (κ1) is 12.9. The van der Waals surface area contributed by atoms with Gasteiger partial charge in [-0.3, -0.25) is 9.48 Å². The number of carbonyl (C=O) groups is 1. The third kappa shape index (κ3) is 3.47. The fourth-order valence-electron chi connectivity index (χ4n) is 1.83. The summed E-state index contributed by atoms with van der Waals surface area (Å²) in [6.45, 7) is 6.41.